The molecule has 1 nitrogen and oxygen atoms in total. The van der Waals surface area contributed by atoms with Crippen molar-refractivity contribution in [2.75, 3.05) is 24.6 Å². The van der Waals surface area contributed by atoms with Gasteiger partial charge in [-0.15, -0.1) is 0 Å². The smallest absolute Gasteiger partial charge is 0.00580 e. The molecule has 1 rings (SSSR count). The van der Waals surface area contributed by atoms with E-state index in [-0.39, 0.29) is 0 Å². The van der Waals surface area contributed by atoms with E-state index in [0.29, 0.717) is 5.41 Å². The topological polar surface area (TPSA) is 12.0 Å². The first-order valence-corrected chi connectivity index (χ1v) is 6.65. The summed E-state index contributed by atoms with van der Waals surface area (Å²) in [4.78, 5) is 0. The molecule has 0 unspecified atom stereocenters. The first-order valence-electron chi connectivity index (χ1n) is 5.50. The highest BCUT2D eigenvalue weighted by Crippen LogP contribution is 2.51. The summed E-state index contributed by atoms with van der Waals surface area (Å²) in [6.45, 7) is 9.37. The maximum Gasteiger partial charge on any atom is 0.00580 e. The van der Waals surface area contributed by atoms with Crippen LogP contribution in [0.15, 0.2) is 0 Å². The first-order chi connectivity index (χ1) is 6.21. The fourth-order valence-corrected chi connectivity index (χ4v) is 2.32. The molecule has 0 amide bonds. The second kappa shape index (κ2) is 5.26. The molecule has 0 heterocycles. The molecule has 0 bridgehead atoms. The molecule has 0 aromatic carbocycles. The Morgan fingerprint density at radius 1 is 1.38 bits per heavy atom. The normalized spacial score (nSPS) is 19.4. The summed E-state index contributed by atoms with van der Waals surface area (Å²) < 4.78 is 0. The molecule has 0 saturated heterocycles. The summed E-state index contributed by atoms with van der Waals surface area (Å²) in [6, 6.07) is 0. The van der Waals surface area contributed by atoms with Gasteiger partial charge in [-0.1, -0.05) is 20.8 Å². The van der Waals surface area contributed by atoms with Crippen molar-refractivity contribution in [3.8, 4) is 0 Å². The van der Waals surface area contributed by atoms with Gasteiger partial charge in [-0.25, -0.2) is 0 Å². The first kappa shape index (κ1) is 11.4. The van der Waals surface area contributed by atoms with Crippen molar-refractivity contribution >= 4 is 11.8 Å². The summed E-state index contributed by atoms with van der Waals surface area (Å²) in [7, 11) is 0. The molecule has 1 fully saturated rings. The van der Waals surface area contributed by atoms with E-state index in [1.165, 1.54) is 37.4 Å². The third kappa shape index (κ3) is 3.51. The van der Waals surface area contributed by atoms with Gasteiger partial charge in [0, 0.05) is 18.8 Å². The Labute approximate surface area is 87.1 Å². The lowest BCUT2D eigenvalue weighted by atomic mass is 9.92. The number of hydrogen-bond donors (Lipinski definition) is 1. The fourth-order valence-electron chi connectivity index (χ4n) is 1.74. The van der Waals surface area contributed by atoms with Crippen LogP contribution < -0.4 is 5.32 Å². The Kier molecular flexibility index (Phi) is 4.60. The van der Waals surface area contributed by atoms with E-state index in [1.54, 1.807) is 0 Å². The molecule has 0 spiro atoms. The molecule has 0 aliphatic heterocycles. The molecule has 1 N–H and O–H groups in total. The van der Waals surface area contributed by atoms with Crippen molar-refractivity contribution < 1.29 is 0 Å². The molecule has 1 saturated carbocycles. The molecule has 0 atom stereocenters. The van der Waals surface area contributed by atoms with Gasteiger partial charge in [-0.3, -0.25) is 0 Å². The van der Waals surface area contributed by atoms with Crippen molar-refractivity contribution in [2.45, 2.75) is 33.6 Å². The molecule has 2 heteroatoms. The molecule has 0 aromatic rings. The van der Waals surface area contributed by atoms with Gasteiger partial charge in [0.25, 0.3) is 0 Å². The Morgan fingerprint density at radius 2 is 2.08 bits per heavy atom. The zero-order valence-electron chi connectivity index (χ0n) is 9.23. The Bertz CT molecular complexity index is 141. The summed E-state index contributed by atoms with van der Waals surface area (Å²) >= 11 is 2.02. The fraction of sp³-hybridized carbons (Fsp3) is 1.00. The second-order valence-electron chi connectivity index (χ2n) is 4.39. The van der Waals surface area contributed by atoms with Crippen LogP contribution >= 0.6 is 11.8 Å². The van der Waals surface area contributed by atoms with Gasteiger partial charge in [0.1, 0.15) is 0 Å². The van der Waals surface area contributed by atoms with Gasteiger partial charge < -0.3 is 5.32 Å². The maximum absolute atomic E-state index is 3.58. The molecule has 0 radical (unpaired) electrons. The van der Waals surface area contributed by atoms with Gasteiger partial charge in [0.15, 0.2) is 0 Å². The summed E-state index contributed by atoms with van der Waals surface area (Å²) in [6.07, 6.45) is 2.89. The van der Waals surface area contributed by atoms with E-state index >= 15 is 0 Å². The van der Waals surface area contributed by atoms with Crippen LogP contribution in [0.3, 0.4) is 0 Å². The van der Waals surface area contributed by atoms with Crippen LogP contribution in [0.1, 0.15) is 33.6 Å². The molecule has 1 aliphatic carbocycles. The minimum Gasteiger partial charge on any atom is -0.315 e. The molecule has 1 aliphatic rings. The number of hydrogen-bond acceptors (Lipinski definition) is 2. The summed E-state index contributed by atoms with van der Waals surface area (Å²) in [5.74, 6) is 3.38. The van der Waals surface area contributed by atoms with Gasteiger partial charge in [0.05, 0.1) is 0 Å². The maximum atomic E-state index is 3.58. The average molecular weight is 201 g/mol. The third-order valence-corrected chi connectivity index (χ3v) is 4.12. The lowest BCUT2D eigenvalue weighted by Gasteiger charge is -2.19. The zero-order valence-corrected chi connectivity index (χ0v) is 10.0. The predicted molar refractivity (Wildman–Crippen MR) is 62.4 cm³/mol. The Hall–Kier alpha value is 0.310. The summed E-state index contributed by atoms with van der Waals surface area (Å²) in [5, 5.41) is 3.58. The van der Waals surface area contributed by atoms with E-state index in [0.717, 1.165) is 5.92 Å². The van der Waals surface area contributed by atoms with Gasteiger partial charge in [-0.2, -0.15) is 11.8 Å². The molecular weight excluding hydrogens is 178 g/mol. The third-order valence-electron chi connectivity index (χ3n) is 3.22. The van der Waals surface area contributed by atoms with Crippen molar-refractivity contribution in [2.24, 2.45) is 11.3 Å². The van der Waals surface area contributed by atoms with Crippen LogP contribution in [0.25, 0.3) is 0 Å². The Morgan fingerprint density at radius 3 is 2.54 bits per heavy atom. The quantitative estimate of drug-likeness (QED) is 0.636. The number of thioether (sulfide) groups is 1. The van der Waals surface area contributed by atoms with Gasteiger partial charge >= 0.3 is 0 Å². The van der Waals surface area contributed by atoms with Crippen LogP contribution in [0.5, 0.6) is 0 Å². The van der Waals surface area contributed by atoms with E-state index in [2.05, 4.69) is 26.1 Å². The average Bonchev–Trinajstić information content (AvgIpc) is 2.85. The SMILES string of the molecule is CCSCCNCC1(C(C)C)CC1. The Balaban J connectivity index is 1.99. The highest BCUT2D eigenvalue weighted by atomic mass is 32.2. The van der Waals surface area contributed by atoms with Crippen molar-refractivity contribution in [1.82, 2.24) is 5.32 Å². The van der Waals surface area contributed by atoms with Crippen LogP contribution in [0, 0.1) is 11.3 Å². The van der Waals surface area contributed by atoms with Crippen LogP contribution in [0.4, 0.5) is 0 Å². The van der Waals surface area contributed by atoms with Crippen molar-refractivity contribution in [3.05, 3.63) is 0 Å². The zero-order chi connectivity index (χ0) is 9.73. The lowest BCUT2D eigenvalue weighted by molar-refractivity contribution is 0.342. The minimum absolute atomic E-state index is 0.677. The van der Waals surface area contributed by atoms with Gasteiger partial charge in [-0.05, 0) is 29.9 Å². The molecular formula is C11H23NS. The van der Waals surface area contributed by atoms with Crippen LogP contribution in [0.2, 0.25) is 0 Å². The molecule has 0 aromatic heterocycles. The van der Waals surface area contributed by atoms with E-state index < -0.39 is 0 Å². The second-order valence-corrected chi connectivity index (χ2v) is 5.78. The largest absolute Gasteiger partial charge is 0.315 e. The predicted octanol–water partition coefficient (Wildman–Crippen LogP) is 2.77. The number of nitrogens with one attached hydrogen (secondary N) is 1. The minimum atomic E-state index is 0.677. The van der Waals surface area contributed by atoms with Crippen LogP contribution in [-0.4, -0.2) is 24.6 Å². The van der Waals surface area contributed by atoms with E-state index in [1.807, 2.05) is 11.8 Å². The van der Waals surface area contributed by atoms with Crippen molar-refractivity contribution in [3.63, 3.8) is 0 Å². The van der Waals surface area contributed by atoms with Gasteiger partial charge in [0.2, 0.25) is 0 Å². The lowest BCUT2D eigenvalue weighted by Crippen LogP contribution is -2.29. The van der Waals surface area contributed by atoms with Crippen LogP contribution in [-0.2, 0) is 0 Å². The standard InChI is InChI=1S/C11H23NS/c1-4-13-8-7-12-9-11(5-6-11)10(2)3/h10,12H,4-9H2,1-3H3. The van der Waals surface area contributed by atoms with Crippen molar-refractivity contribution in [1.29, 1.82) is 0 Å². The molecule has 78 valence electrons. The highest BCUT2D eigenvalue weighted by Gasteiger charge is 2.44. The highest BCUT2D eigenvalue weighted by molar-refractivity contribution is 7.99. The molecule has 13 heavy (non-hydrogen) atoms. The van der Waals surface area contributed by atoms with E-state index in [4.69, 9.17) is 0 Å². The number of rotatable bonds is 7. The van der Waals surface area contributed by atoms with E-state index in [9.17, 15) is 0 Å². The monoisotopic (exact) mass is 201 g/mol. The summed E-state index contributed by atoms with van der Waals surface area (Å²) in [5.41, 5.74) is 0.677.